The molecule has 21 heavy (non-hydrogen) atoms. The lowest BCUT2D eigenvalue weighted by Gasteiger charge is -2.27. The van der Waals surface area contributed by atoms with Gasteiger partial charge in [0.1, 0.15) is 11.8 Å². The molecule has 0 bridgehead atoms. The van der Waals surface area contributed by atoms with Crippen molar-refractivity contribution >= 4 is 28.8 Å². The van der Waals surface area contributed by atoms with E-state index in [9.17, 15) is 9.59 Å². The smallest absolute Gasteiger partial charge is 0.338 e. The van der Waals surface area contributed by atoms with Crippen molar-refractivity contribution in [3.05, 3.63) is 35.4 Å². The van der Waals surface area contributed by atoms with Crippen LogP contribution < -0.4 is 0 Å². The maximum Gasteiger partial charge on any atom is 0.338 e. The molecule has 0 aromatic carbocycles. The number of rotatable bonds is 3. The second-order valence-electron chi connectivity index (χ2n) is 4.57. The first-order valence-corrected chi connectivity index (χ1v) is 7.57. The van der Waals surface area contributed by atoms with Crippen molar-refractivity contribution in [1.82, 2.24) is 4.90 Å². The molecule has 1 amide bonds. The summed E-state index contributed by atoms with van der Waals surface area (Å²) in [5.41, 5.74) is 0.918. The van der Waals surface area contributed by atoms with Crippen molar-refractivity contribution in [1.29, 1.82) is 0 Å². The standard InChI is InChI=1S/C14H14N2O4S/c1-3-19-13(18)11-8(2)16-10(17)7-21-14(16)15-12(11)9-5-4-6-20-9/h4-6,12H,3,7H2,1-2H3/t12-/m0/s1. The van der Waals surface area contributed by atoms with Gasteiger partial charge in [0.15, 0.2) is 5.17 Å². The number of carbonyl (C=O) groups is 2. The fourth-order valence-electron chi connectivity index (χ4n) is 2.40. The van der Waals surface area contributed by atoms with E-state index in [1.54, 1.807) is 26.0 Å². The Hall–Kier alpha value is -2.02. The van der Waals surface area contributed by atoms with Crippen LogP contribution in [0.25, 0.3) is 0 Å². The molecule has 0 radical (unpaired) electrons. The Balaban J connectivity index is 2.09. The number of nitrogens with zero attached hydrogens (tertiary/aromatic N) is 2. The number of carbonyl (C=O) groups excluding carboxylic acids is 2. The minimum absolute atomic E-state index is 0.0732. The molecule has 0 saturated carbocycles. The molecule has 6 nitrogen and oxygen atoms in total. The first-order chi connectivity index (χ1) is 10.1. The van der Waals surface area contributed by atoms with Gasteiger partial charge < -0.3 is 9.15 Å². The Morgan fingerprint density at radius 2 is 2.43 bits per heavy atom. The number of thioether (sulfide) groups is 1. The molecule has 1 fully saturated rings. The van der Waals surface area contributed by atoms with Crippen LogP contribution in [0.3, 0.4) is 0 Å². The van der Waals surface area contributed by atoms with Gasteiger partial charge in [0.2, 0.25) is 5.91 Å². The maximum absolute atomic E-state index is 12.3. The zero-order valence-corrected chi connectivity index (χ0v) is 12.5. The molecule has 2 aliphatic heterocycles. The Morgan fingerprint density at radius 1 is 1.62 bits per heavy atom. The van der Waals surface area contributed by atoms with Crippen LogP contribution in [0, 0.1) is 0 Å². The largest absolute Gasteiger partial charge is 0.467 e. The number of amidine groups is 1. The number of hydrogen-bond donors (Lipinski definition) is 0. The summed E-state index contributed by atoms with van der Waals surface area (Å²) in [6, 6.07) is 2.94. The molecule has 1 aromatic rings. The van der Waals surface area contributed by atoms with Gasteiger partial charge in [0.05, 0.1) is 24.2 Å². The van der Waals surface area contributed by atoms with Gasteiger partial charge in [0, 0.05) is 5.70 Å². The van der Waals surface area contributed by atoms with Crippen molar-refractivity contribution in [2.45, 2.75) is 19.9 Å². The molecule has 1 atom stereocenters. The minimum atomic E-state index is -0.566. The number of amides is 1. The molecule has 0 aliphatic carbocycles. The highest BCUT2D eigenvalue weighted by Crippen LogP contribution is 2.39. The maximum atomic E-state index is 12.3. The third-order valence-electron chi connectivity index (χ3n) is 3.31. The van der Waals surface area contributed by atoms with Gasteiger partial charge in [-0.05, 0) is 26.0 Å². The summed E-state index contributed by atoms with van der Waals surface area (Å²) in [4.78, 5) is 30.2. The van der Waals surface area contributed by atoms with E-state index in [1.807, 2.05) is 0 Å². The number of ether oxygens (including phenoxy) is 1. The molecule has 110 valence electrons. The summed E-state index contributed by atoms with van der Waals surface area (Å²) >= 11 is 1.36. The van der Waals surface area contributed by atoms with Crippen LogP contribution in [-0.2, 0) is 14.3 Å². The predicted octanol–water partition coefficient (Wildman–Crippen LogP) is 2.10. The topological polar surface area (TPSA) is 72.1 Å². The average Bonchev–Trinajstić information content (AvgIpc) is 3.08. The lowest BCUT2D eigenvalue weighted by Crippen LogP contribution is -2.35. The van der Waals surface area contributed by atoms with Crippen LogP contribution in [-0.4, -0.2) is 34.3 Å². The van der Waals surface area contributed by atoms with Crippen molar-refractivity contribution < 1.29 is 18.7 Å². The van der Waals surface area contributed by atoms with Gasteiger partial charge in [-0.15, -0.1) is 0 Å². The van der Waals surface area contributed by atoms with Crippen molar-refractivity contribution in [2.24, 2.45) is 4.99 Å². The van der Waals surface area contributed by atoms with Crippen LogP contribution in [0.2, 0.25) is 0 Å². The highest BCUT2D eigenvalue weighted by atomic mass is 32.2. The number of fused-ring (bicyclic) bond motifs is 1. The van der Waals surface area contributed by atoms with E-state index < -0.39 is 12.0 Å². The van der Waals surface area contributed by atoms with Gasteiger partial charge in [0.25, 0.3) is 0 Å². The molecule has 3 heterocycles. The molecular formula is C14H14N2O4S. The third-order valence-corrected chi connectivity index (χ3v) is 4.25. The fraction of sp³-hybridized carbons (Fsp3) is 0.357. The summed E-state index contributed by atoms with van der Waals surface area (Å²) in [5.74, 6) is 0.348. The lowest BCUT2D eigenvalue weighted by molar-refractivity contribution is -0.139. The van der Waals surface area contributed by atoms with Gasteiger partial charge in [-0.25, -0.2) is 9.79 Å². The minimum Gasteiger partial charge on any atom is -0.467 e. The number of esters is 1. The van der Waals surface area contributed by atoms with E-state index in [2.05, 4.69) is 4.99 Å². The molecule has 2 aliphatic rings. The van der Waals surface area contributed by atoms with E-state index in [-0.39, 0.29) is 12.5 Å². The van der Waals surface area contributed by atoms with Gasteiger partial charge >= 0.3 is 5.97 Å². The van der Waals surface area contributed by atoms with E-state index in [0.29, 0.717) is 28.0 Å². The molecule has 0 spiro atoms. The van der Waals surface area contributed by atoms with Crippen LogP contribution in [0.4, 0.5) is 0 Å². The van der Waals surface area contributed by atoms with Crippen LogP contribution in [0.5, 0.6) is 0 Å². The third kappa shape index (κ3) is 2.27. The molecule has 7 heteroatoms. The molecule has 3 rings (SSSR count). The highest BCUT2D eigenvalue weighted by Gasteiger charge is 2.40. The van der Waals surface area contributed by atoms with E-state index >= 15 is 0 Å². The normalized spacial score (nSPS) is 21.4. The first kappa shape index (κ1) is 13.9. The summed E-state index contributed by atoms with van der Waals surface area (Å²) in [6.07, 6.45) is 1.53. The Labute approximate surface area is 125 Å². The molecule has 1 aromatic heterocycles. The van der Waals surface area contributed by atoms with Gasteiger partial charge in [-0.1, -0.05) is 11.8 Å². The Morgan fingerprint density at radius 3 is 3.10 bits per heavy atom. The van der Waals surface area contributed by atoms with E-state index in [0.717, 1.165) is 0 Å². The monoisotopic (exact) mass is 306 g/mol. The predicted molar refractivity (Wildman–Crippen MR) is 77.5 cm³/mol. The second kappa shape index (κ2) is 5.40. The Kier molecular flexibility index (Phi) is 3.59. The zero-order chi connectivity index (χ0) is 15.0. The Bertz CT molecular complexity index is 648. The number of aliphatic imine (C=N–C) groups is 1. The summed E-state index contributed by atoms with van der Waals surface area (Å²) in [6.45, 7) is 3.74. The SMILES string of the molecule is CCOC(=O)C1=C(C)N2C(=O)CSC2=N[C@H]1c1ccco1. The van der Waals surface area contributed by atoms with E-state index in [4.69, 9.17) is 9.15 Å². The second-order valence-corrected chi connectivity index (χ2v) is 5.51. The van der Waals surface area contributed by atoms with E-state index in [1.165, 1.54) is 22.9 Å². The average molecular weight is 306 g/mol. The highest BCUT2D eigenvalue weighted by molar-refractivity contribution is 8.15. The molecule has 0 unspecified atom stereocenters. The van der Waals surface area contributed by atoms with Gasteiger partial charge in [-0.3, -0.25) is 9.69 Å². The quantitative estimate of drug-likeness (QED) is 0.800. The molecular weight excluding hydrogens is 292 g/mol. The molecule has 1 saturated heterocycles. The number of furan rings is 1. The molecule has 0 N–H and O–H groups in total. The van der Waals surface area contributed by atoms with Gasteiger partial charge in [-0.2, -0.15) is 0 Å². The van der Waals surface area contributed by atoms with Crippen LogP contribution in [0.15, 0.2) is 39.1 Å². The van der Waals surface area contributed by atoms with Crippen molar-refractivity contribution in [3.8, 4) is 0 Å². The fourth-order valence-corrected chi connectivity index (χ4v) is 3.33. The summed E-state index contributed by atoms with van der Waals surface area (Å²) in [5, 5.41) is 0.604. The first-order valence-electron chi connectivity index (χ1n) is 6.58. The zero-order valence-electron chi connectivity index (χ0n) is 11.7. The van der Waals surface area contributed by atoms with Crippen LogP contribution >= 0.6 is 11.8 Å². The number of hydrogen-bond acceptors (Lipinski definition) is 6. The number of allylic oxidation sites excluding steroid dienone is 1. The van der Waals surface area contributed by atoms with Crippen molar-refractivity contribution in [2.75, 3.05) is 12.4 Å². The van der Waals surface area contributed by atoms with Crippen molar-refractivity contribution in [3.63, 3.8) is 0 Å². The summed E-state index contributed by atoms with van der Waals surface area (Å²) < 4.78 is 10.5. The lowest BCUT2D eigenvalue weighted by atomic mass is 10.0. The summed E-state index contributed by atoms with van der Waals surface area (Å²) in [7, 11) is 0. The van der Waals surface area contributed by atoms with Crippen LogP contribution in [0.1, 0.15) is 25.6 Å².